The standard InChI is InChI=1S/C15H13FN6OS/c1-10-4-2-7-13(17-10)18-14(23)9-24-15-19-20-21-22(15)12-6-3-5-11(16)8-12/h2-8H,9H2,1H3,(H,17,18,23). The quantitative estimate of drug-likeness (QED) is 0.715. The largest absolute Gasteiger partial charge is 0.310 e. The average Bonchev–Trinajstić information content (AvgIpc) is 3.01. The molecule has 0 spiro atoms. The SMILES string of the molecule is Cc1cccc(NC(=O)CSc2nnnn2-c2cccc(F)c2)n1. The molecule has 0 radical (unpaired) electrons. The molecule has 1 amide bonds. The van der Waals surface area contributed by atoms with E-state index in [1.807, 2.05) is 19.1 Å². The van der Waals surface area contributed by atoms with Crippen molar-refractivity contribution in [3.8, 4) is 5.69 Å². The highest BCUT2D eigenvalue weighted by molar-refractivity contribution is 7.99. The number of aryl methyl sites for hydroxylation is 1. The molecule has 122 valence electrons. The molecule has 3 rings (SSSR count). The number of halogens is 1. The molecule has 0 saturated carbocycles. The minimum absolute atomic E-state index is 0.102. The lowest BCUT2D eigenvalue weighted by Gasteiger charge is -2.06. The van der Waals surface area contributed by atoms with Crippen molar-refractivity contribution in [3.63, 3.8) is 0 Å². The normalized spacial score (nSPS) is 10.6. The topological polar surface area (TPSA) is 85.6 Å². The van der Waals surface area contributed by atoms with E-state index < -0.39 is 0 Å². The monoisotopic (exact) mass is 344 g/mol. The van der Waals surface area contributed by atoms with Crippen LogP contribution in [0.2, 0.25) is 0 Å². The molecule has 9 heteroatoms. The highest BCUT2D eigenvalue weighted by atomic mass is 32.2. The van der Waals surface area contributed by atoms with Crippen LogP contribution in [0.25, 0.3) is 5.69 Å². The fourth-order valence-corrected chi connectivity index (χ4v) is 2.65. The number of tetrazole rings is 1. The number of anilines is 1. The third-order valence-electron chi connectivity index (χ3n) is 2.98. The molecule has 0 fully saturated rings. The molecule has 0 saturated heterocycles. The van der Waals surface area contributed by atoms with Gasteiger partial charge in [0, 0.05) is 5.69 Å². The average molecular weight is 344 g/mol. The summed E-state index contributed by atoms with van der Waals surface area (Å²) in [6.07, 6.45) is 0. The van der Waals surface area contributed by atoms with Gasteiger partial charge in [-0.1, -0.05) is 23.9 Å². The van der Waals surface area contributed by atoms with E-state index in [1.165, 1.54) is 16.8 Å². The molecule has 0 atom stereocenters. The molecule has 0 unspecified atom stereocenters. The van der Waals surface area contributed by atoms with Gasteiger partial charge in [0.2, 0.25) is 11.1 Å². The first kappa shape index (κ1) is 16.1. The lowest BCUT2D eigenvalue weighted by atomic mass is 10.3. The fourth-order valence-electron chi connectivity index (χ4n) is 1.96. The predicted molar refractivity (Wildman–Crippen MR) is 87.4 cm³/mol. The van der Waals surface area contributed by atoms with E-state index in [2.05, 4.69) is 25.8 Å². The van der Waals surface area contributed by atoms with E-state index in [0.29, 0.717) is 16.7 Å². The van der Waals surface area contributed by atoms with Crippen LogP contribution in [0.1, 0.15) is 5.69 Å². The van der Waals surface area contributed by atoms with Gasteiger partial charge in [-0.3, -0.25) is 4.79 Å². The first-order chi connectivity index (χ1) is 11.6. The third kappa shape index (κ3) is 3.93. The van der Waals surface area contributed by atoms with E-state index in [0.717, 1.165) is 17.5 Å². The van der Waals surface area contributed by atoms with Crippen LogP contribution in [-0.2, 0) is 4.79 Å². The molecule has 1 aromatic carbocycles. The Morgan fingerprint density at radius 1 is 1.29 bits per heavy atom. The van der Waals surface area contributed by atoms with Gasteiger partial charge in [-0.25, -0.2) is 9.37 Å². The maximum absolute atomic E-state index is 13.3. The Morgan fingerprint density at radius 2 is 2.12 bits per heavy atom. The molecular weight excluding hydrogens is 331 g/mol. The van der Waals surface area contributed by atoms with Crippen molar-refractivity contribution in [3.05, 3.63) is 54.0 Å². The van der Waals surface area contributed by atoms with Crippen LogP contribution >= 0.6 is 11.8 Å². The molecule has 2 heterocycles. The lowest BCUT2D eigenvalue weighted by Crippen LogP contribution is -2.15. The molecule has 0 aliphatic rings. The first-order valence-corrected chi connectivity index (χ1v) is 8.01. The number of pyridine rings is 1. The number of carbonyl (C=O) groups is 1. The van der Waals surface area contributed by atoms with E-state index in [9.17, 15) is 9.18 Å². The van der Waals surface area contributed by atoms with Gasteiger partial charge < -0.3 is 5.32 Å². The molecule has 2 aromatic heterocycles. The molecule has 3 aromatic rings. The van der Waals surface area contributed by atoms with Gasteiger partial charge in [-0.05, 0) is 47.7 Å². The number of hydrogen-bond donors (Lipinski definition) is 1. The molecule has 1 N–H and O–H groups in total. The van der Waals surface area contributed by atoms with Crippen LogP contribution in [-0.4, -0.2) is 36.9 Å². The Kier molecular flexibility index (Phi) is 4.80. The molecule has 24 heavy (non-hydrogen) atoms. The van der Waals surface area contributed by atoms with Gasteiger partial charge in [-0.15, -0.1) is 5.10 Å². The van der Waals surface area contributed by atoms with Crippen molar-refractivity contribution in [1.29, 1.82) is 0 Å². The highest BCUT2D eigenvalue weighted by Crippen LogP contribution is 2.19. The Bertz CT molecular complexity index is 868. The van der Waals surface area contributed by atoms with Crippen molar-refractivity contribution in [2.75, 3.05) is 11.1 Å². The van der Waals surface area contributed by atoms with Crippen LogP contribution in [0, 0.1) is 12.7 Å². The van der Waals surface area contributed by atoms with Gasteiger partial charge in [0.05, 0.1) is 11.4 Å². The van der Waals surface area contributed by atoms with E-state index in [1.54, 1.807) is 18.2 Å². The van der Waals surface area contributed by atoms with Crippen molar-refractivity contribution in [2.45, 2.75) is 12.1 Å². The second kappa shape index (κ2) is 7.18. The molecule has 7 nitrogen and oxygen atoms in total. The fraction of sp³-hybridized carbons (Fsp3) is 0.133. The summed E-state index contributed by atoms with van der Waals surface area (Å²) in [7, 11) is 0. The van der Waals surface area contributed by atoms with Crippen LogP contribution in [0.4, 0.5) is 10.2 Å². The Hall–Kier alpha value is -2.81. The summed E-state index contributed by atoms with van der Waals surface area (Å²) in [6.45, 7) is 1.84. The summed E-state index contributed by atoms with van der Waals surface area (Å²) in [5, 5.41) is 14.4. The summed E-state index contributed by atoms with van der Waals surface area (Å²) >= 11 is 1.15. The van der Waals surface area contributed by atoms with Crippen LogP contribution in [0.5, 0.6) is 0 Å². The number of hydrogen-bond acceptors (Lipinski definition) is 6. The molecule has 0 aliphatic heterocycles. The number of thioether (sulfide) groups is 1. The van der Waals surface area contributed by atoms with E-state index >= 15 is 0 Å². The van der Waals surface area contributed by atoms with Gasteiger partial charge in [0.15, 0.2) is 0 Å². The van der Waals surface area contributed by atoms with Crippen LogP contribution in [0.15, 0.2) is 47.6 Å². The number of carbonyl (C=O) groups excluding carboxylic acids is 1. The zero-order chi connectivity index (χ0) is 16.9. The summed E-state index contributed by atoms with van der Waals surface area (Å²) in [4.78, 5) is 16.2. The zero-order valence-corrected chi connectivity index (χ0v) is 13.5. The summed E-state index contributed by atoms with van der Waals surface area (Å²) in [5.41, 5.74) is 1.30. The number of benzene rings is 1. The number of nitrogens with zero attached hydrogens (tertiary/aromatic N) is 5. The predicted octanol–water partition coefficient (Wildman–Crippen LogP) is 2.24. The van der Waals surface area contributed by atoms with Gasteiger partial charge in [0.25, 0.3) is 0 Å². The smallest absolute Gasteiger partial charge is 0.236 e. The second-order valence-electron chi connectivity index (χ2n) is 4.85. The van der Waals surface area contributed by atoms with Gasteiger partial charge in [0.1, 0.15) is 11.6 Å². The van der Waals surface area contributed by atoms with Gasteiger partial charge in [-0.2, -0.15) is 4.68 Å². The molecule has 0 bridgehead atoms. The van der Waals surface area contributed by atoms with Gasteiger partial charge >= 0.3 is 0 Å². The van der Waals surface area contributed by atoms with E-state index in [-0.39, 0.29) is 17.5 Å². The Labute approximate surface area is 141 Å². The number of amides is 1. The minimum atomic E-state index is -0.387. The number of aromatic nitrogens is 5. The summed E-state index contributed by atoms with van der Waals surface area (Å²) in [5.74, 6) is -0.0230. The van der Waals surface area contributed by atoms with Crippen molar-refractivity contribution in [1.82, 2.24) is 25.2 Å². The molecule has 0 aliphatic carbocycles. The van der Waals surface area contributed by atoms with E-state index in [4.69, 9.17) is 0 Å². The first-order valence-electron chi connectivity index (χ1n) is 7.02. The van der Waals surface area contributed by atoms with Crippen molar-refractivity contribution < 1.29 is 9.18 Å². The lowest BCUT2D eigenvalue weighted by molar-refractivity contribution is -0.113. The van der Waals surface area contributed by atoms with Crippen LogP contribution < -0.4 is 5.32 Å². The number of rotatable bonds is 5. The number of nitrogens with one attached hydrogen (secondary N) is 1. The zero-order valence-electron chi connectivity index (χ0n) is 12.7. The van der Waals surface area contributed by atoms with Crippen molar-refractivity contribution in [2.24, 2.45) is 0 Å². The minimum Gasteiger partial charge on any atom is -0.310 e. The Balaban J connectivity index is 1.65. The summed E-state index contributed by atoms with van der Waals surface area (Å²) in [6, 6.07) is 11.3. The van der Waals surface area contributed by atoms with Crippen molar-refractivity contribution >= 4 is 23.5 Å². The maximum Gasteiger partial charge on any atom is 0.236 e. The summed E-state index contributed by atoms with van der Waals surface area (Å²) < 4.78 is 14.7. The second-order valence-corrected chi connectivity index (χ2v) is 5.80. The third-order valence-corrected chi connectivity index (χ3v) is 3.90. The molecular formula is C15H13FN6OS. The Morgan fingerprint density at radius 3 is 2.92 bits per heavy atom. The maximum atomic E-state index is 13.3. The van der Waals surface area contributed by atoms with Crippen LogP contribution in [0.3, 0.4) is 0 Å². The highest BCUT2D eigenvalue weighted by Gasteiger charge is 2.12.